The number of sulfonamides is 1. The van der Waals surface area contributed by atoms with Crippen LogP contribution in [0.1, 0.15) is 21.5 Å². The Balaban J connectivity index is 1.43. The number of pyridine rings is 1. The van der Waals surface area contributed by atoms with Crippen LogP contribution in [0.2, 0.25) is 0 Å². The minimum atomic E-state index is -3.68. The molecule has 2 aromatic carbocycles. The fourth-order valence-corrected chi connectivity index (χ4v) is 5.18. The Hall–Kier alpha value is -3.07. The quantitative estimate of drug-likeness (QED) is 0.624. The number of aryl methyl sites for hydroxylation is 1. The van der Waals surface area contributed by atoms with Crippen molar-refractivity contribution in [2.24, 2.45) is 0 Å². The zero-order chi connectivity index (χ0) is 22.6. The fraction of sp³-hybridized carbons (Fsp3) is 0.250. The summed E-state index contributed by atoms with van der Waals surface area (Å²) < 4.78 is 27.9. The molecule has 1 aliphatic rings. The maximum absolute atomic E-state index is 13.2. The number of carbonyl (C=O) groups excluding carboxylic acids is 1. The number of aromatic nitrogens is 1. The lowest BCUT2D eigenvalue weighted by Gasteiger charge is -2.34. The maximum atomic E-state index is 13.2. The Morgan fingerprint density at radius 2 is 1.72 bits per heavy atom. The number of carbonyl (C=O) groups is 1. The lowest BCUT2D eigenvalue weighted by Crippen LogP contribution is -2.48. The van der Waals surface area contributed by atoms with Crippen LogP contribution in [0.15, 0.2) is 77.8 Å². The van der Waals surface area contributed by atoms with E-state index >= 15 is 0 Å². The number of amides is 1. The molecule has 0 saturated carbocycles. The van der Waals surface area contributed by atoms with Gasteiger partial charge in [-0.15, -0.1) is 0 Å². The number of piperazine rings is 1. The van der Waals surface area contributed by atoms with Crippen molar-refractivity contribution in [3.8, 4) is 0 Å². The van der Waals surface area contributed by atoms with E-state index in [2.05, 4.69) is 27.3 Å². The second-order valence-electron chi connectivity index (χ2n) is 7.82. The van der Waals surface area contributed by atoms with E-state index in [-0.39, 0.29) is 10.5 Å². The highest BCUT2D eigenvalue weighted by atomic mass is 32.2. The molecule has 1 N–H and O–H groups in total. The highest BCUT2D eigenvalue weighted by molar-refractivity contribution is 7.89. The van der Waals surface area contributed by atoms with Crippen LogP contribution in [0.25, 0.3) is 0 Å². The van der Waals surface area contributed by atoms with Crippen molar-refractivity contribution in [1.82, 2.24) is 14.2 Å². The van der Waals surface area contributed by atoms with Gasteiger partial charge in [0, 0.05) is 44.5 Å². The largest absolute Gasteiger partial charge is 0.306 e. The van der Waals surface area contributed by atoms with Crippen LogP contribution in [0.5, 0.6) is 0 Å². The van der Waals surface area contributed by atoms with Crippen LogP contribution < -0.4 is 5.32 Å². The topological polar surface area (TPSA) is 82.6 Å². The Morgan fingerprint density at radius 1 is 0.969 bits per heavy atom. The molecule has 32 heavy (non-hydrogen) atoms. The van der Waals surface area contributed by atoms with Gasteiger partial charge in [-0.2, -0.15) is 4.31 Å². The van der Waals surface area contributed by atoms with Crippen LogP contribution in [0.4, 0.5) is 5.82 Å². The zero-order valence-corrected chi connectivity index (χ0v) is 18.8. The molecule has 7 nitrogen and oxygen atoms in total. The van der Waals surface area contributed by atoms with Gasteiger partial charge < -0.3 is 5.32 Å². The summed E-state index contributed by atoms with van der Waals surface area (Å²) in [6.45, 7) is 4.80. The van der Waals surface area contributed by atoms with Crippen LogP contribution in [0.3, 0.4) is 0 Å². The number of nitrogens with zero attached hydrogens (tertiary/aromatic N) is 3. The lowest BCUT2D eigenvalue weighted by atomic mass is 10.2. The molecular weight excluding hydrogens is 424 g/mol. The van der Waals surface area contributed by atoms with Gasteiger partial charge in [0.25, 0.3) is 5.91 Å². The predicted molar refractivity (Wildman–Crippen MR) is 124 cm³/mol. The number of benzene rings is 2. The number of hydrogen-bond acceptors (Lipinski definition) is 5. The van der Waals surface area contributed by atoms with Crippen molar-refractivity contribution < 1.29 is 13.2 Å². The highest BCUT2D eigenvalue weighted by Crippen LogP contribution is 2.20. The van der Waals surface area contributed by atoms with Gasteiger partial charge in [-0.25, -0.2) is 13.4 Å². The number of rotatable bonds is 6. The van der Waals surface area contributed by atoms with Crippen LogP contribution in [-0.4, -0.2) is 54.7 Å². The second-order valence-corrected chi connectivity index (χ2v) is 9.75. The molecule has 0 aliphatic carbocycles. The first-order valence-electron chi connectivity index (χ1n) is 10.5. The summed E-state index contributed by atoms with van der Waals surface area (Å²) in [6, 6.07) is 20.0. The number of anilines is 1. The van der Waals surface area contributed by atoms with Crippen molar-refractivity contribution in [2.45, 2.75) is 18.4 Å². The zero-order valence-electron chi connectivity index (χ0n) is 17.9. The summed E-state index contributed by atoms with van der Waals surface area (Å²) in [7, 11) is -3.68. The normalized spacial score (nSPS) is 15.4. The molecule has 1 amide bonds. The van der Waals surface area contributed by atoms with Crippen molar-refractivity contribution in [1.29, 1.82) is 0 Å². The summed E-state index contributed by atoms with van der Waals surface area (Å²) in [5.74, 6) is 0.0665. The molecule has 1 aliphatic heterocycles. The van der Waals surface area contributed by atoms with E-state index in [0.29, 0.717) is 32.0 Å². The molecule has 0 spiro atoms. The number of hydrogen-bond donors (Lipinski definition) is 1. The third kappa shape index (κ3) is 5.04. The highest BCUT2D eigenvalue weighted by Gasteiger charge is 2.29. The molecule has 0 radical (unpaired) electrons. The molecule has 0 atom stereocenters. The molecule has 2 heterocycles. The first-order valence-corrected chi connectivity index (χ1v) is 12.0. The molecule has 166 valence electrons. The van der Waals surface area contributed by atoms with Crippen molar-refractivity contribution in [3.63, 3.8) is 0 Å². The summed E-state index contributed by atoms with van der Waals surface area (Å²) >= 11 is 0. The predicted octanol–water partition coefficient (Wildman–Crippen LogP) is 3.15. The standard InChI is InChI=1S/C24H26N4O3S/c1-19-7-6-12-25-23(19)26-24(29)21-10-5-11-22(17-21)32(30,31)28-15-13-27(14-16-28)18-20-8-3-2-4-9-20/h2-12,17H,13-16,18H2,1H3,(H,25,26,29). The molecule has 1 fully saturated rings. The van der Waals surface area contributed by atoms with Crippen LogP contribution >= 0.6 is 0 Å². The van der Waals surface area contributed by atoms with E-state index in [1.54, 1.807) is 24.4 Å². The third-order valence-electron chi connectivity index (χ3n) is 5.56. The summed E-state index contributed by atoms with van der Waals surface area (Å²) in [5.41, 5.74) is 2.32. The molecular formula is C24H26N4O3S. The van der Waals surface area contributed by atoms with Gasteiger partial charge in [-0.3, -0.25) is 9.69 Å². The Bertz CT molecular complexity index is 1190. The van der Waals surface area contributed by atoms with Crippen molar-refractivity contribution in [2.75, 3.05) is 31.5 Å². The molecule has 0 unspecified atom stereocenters. The second kappa shape index (κ2) is 9.60. The van der Waals surface area contributed by atoms with Crippen molar-refractivity contribution >= 4 is 21.7 Å². The Morgan fingerprint density at radius 3 is 2.44 bits per heavy atom. The maximum Gasteiger partial charge on any atom is 0.256 e. The first kappa shape index (κ1) is 22.1. The van der Waals surface area contributed by atoms with E-state index in [1.165, 1.54) is 22.0 Å². The Kier molecular flexibility index (Phi) is 6.64. The van der Waals surface area contributed by atoms with Crippen molar-refractivity contribution in [3.05, 3.63) is 89.6 Å². The van der Waals surface area contributed by atoms with E-state index in [1.807, 2.05) is 31.2 Å². The average molecular weight is 451 g/mol. The summed E-state index contributed by atoms with van der Waals surface area (Å²) in [6.07, 6.45) is 1.60. The lowest BCUT2D eigenvalue weighted by molar-refractivity contribution is 0.102. The van der Waals surface area contributed by atoms with Crippen LogP contribution in [-0.2, 0) is 16.6 Å². The third-order valence-corrected chi connectivity index (χ3v) is 7.45. The van der Waals surface area contributed by atoms with Gasteiger partial charge >= 0.3 is 0 Å². The summed E-state index contributed by atoms with van der Waals surface area (Å²) in [5, 5.41) is 2.75. The minimum absolute atomic E-state index is 0.124. The Labute approximate surface area is 188 Å². The SMILES string of the molecule is Cc1cccnc1NC(=O)c1cccc(S(=O)(=O)N2CCN(Cc3ccccc3)CC2)c1. The molecule has 4 rings (SSSR count). The van der Waals surface area contributed by atoms with E-state index in [0.717, 1.165) is 12.1 Å². The monoisotopic (exact) mass is 450 g/mol. The van der Waals surface area contributed by atoms with Gasteiger partial charge in [0.15, 0.2) is 0 Å². The molecule has 0 bridgehead atoms. The molecule has 3 aromatic rings. The van der Waals surface area contributed by atoms with Gasteiger partial charge in [0.1, 0.15) is 5.82 Å². The number of nitrogens with one attached hydrogen (secondary N) is 1. The van der Waals surface area contributed by atoms with Gasteiger partial charge in [0.05, 0.1) is 4.90 Å². The van der Waals surface area contributed by atoms with Gasteiger partial charge in [-0.05, 0) is 42.3 Å². The molecule has 8 heteroatoms. The molecule has 1 saturated heterocycles. The average Bonchev–Trinajstić information content (AvgIpc) is 2.82. The molecule has 1 aromatic heterocycles. The van der Waals surface area contributed by atoms with Crippen LogP contribution in [0, 0.1) is 6.92 Å². The fourth-order valence-electron chi connectivity index (χ4n) is 3.71. The van der Waals surface area contributed by atoms with E-state index in [4.69, 9.17) is 0 Å². The smallest absolute Gasteiger partial charge is 0.256 e. The van der Waals surface area contributed by atoms with E-state index < -0.39 is 15.9 Å². The van der Waals surface area contributed by atoms with E-state index in [9.17, 15) is 13.2 Å². The first-order chi connectivity index (χ1) is 15.4. The summed E-state index contributed by atoms with van der Waals surface area (Å²) in [4.78, 5) is 19.2. The minimum Gasteiger partial charge on any atom is -0.306 e. The van der Waals surface area contributed by atoms with Gasteiger partial charge in [0.2, 0.25) is 10.0 Å². The van der Waals surface area contributed by atoms with Gasteiger partial charge in [-0.1, -0.05) is 42.5 Å².